The Hall–Kier alpha value is -3.52. The lowest BCUT2D eigenvalue weighted by atomic mass is 9.99. The van der Waals surface area contributed by atoms with Crippen molar-refractivity contribution >= 4 is 44.4 Å². The van der Waals surface area contributed by atoms with Crippen molar-refractivity contribution in [3.05, 3.63) is 77.5 Å². The van der Waals surface area contributed by atoms with E-state index in [9.17, 15) is 18.0 Å². The number of Topliss-reactive ketones (excluding diaryl/α,β-unsaturated/α-hetero) is 1. The molecule has 164 valence electrons. The van der Waals surface area contributed by atoms with Gasteiger partial charge in [-0.1, -0.05) is 24.3 Å². The molecule has 0 saturated carbocycles. The van der Waals surface area contributed by atoms with Crippen molar-refractivity contribution in [1.29, 1.82) is 0 Å². The number of fused-ring (bicyclic) bond motifs is 2. The summed E-state index contributed by atoms with van der Waals surface area (Å²) in [5, 5.41) is 0.958. The van der Waals surface area contributed by atoms with Crippen molar-refractivity contribution in [2.24, 2.45) is 0 Å². The Balaban J connectivity index is 1.41. The van der Waals surface area contributed by atoms with Gasteiger partial charge in [-0.25, -0.2) is 13.2 Å². The predicted molar refractivity (Wildman–Crippen MR) is 123 cm³/mol. The zero-order valence-corrected chi connectivity index (χ0v) is 18.3. The summed E-state index contributed by atoms with van der Waals surface area (Å²) in [6.07, 6.45) is 7.10. The molecular weight excluding hydrogens is 428 g/mol. The Labute approximate surface area is 186 Å². The van der Waals surface area contributed by atoms with Crippen molar-refractivity contribution in [2.45, 2.75) is 12.8 Å². The minimum absolute atomic E-state index is 0.349. The van der Waals surface area contributed by atoms with Crippen molar-refractivity contribution in [3.8, 4) is 0 Å². The fourth-order valence-electron chi connectivity index (χ4n) is 3.77. The number of hydrogen-bond acceptors (Lipinski definition) is 6. The van der Waals surface area contributed by atoms with Gasteiger partial charge in [-0.3, -0.25) is 14.1 Å². The fourth-order valence-corrected chi connectivity index (χ4v) is 4.76. The maximum atomic E-state index is 12.5. The van der Waals surface area contributed by atoms with Crippen LogP contribution in [0, 0.1) is 0 Å². The van der Waals surface area contributed by atoms with Crippen LogP contribution in [0.2, 0.25) is 0 Å². The summed E-state index contributed by atoms with van der Waals surface area (Å²) in [4.78, 5) is 29.0. The first-order valence-electron chi connectivity index (χ1n) is 10.2. The van der Waals surface area contributed by atoms with Crippen LogP contribution in [-0.2, 0) is 26.0 Å². The van der Waals surface area contributed by atoms with Crippen LogP contribution >= 0.6 is 0 Å². The van der Waals surface area contributed by atoms with E-state index in [0.717, 1.165) is 22.0 Å². The molecule has 1 aromatic heterocycles. The third-order valence-electron chi connectivity index (χ3n) is 5.29. The number of esters is 1. The van der Waals surface area contributed by atoms with Gasteiger partial charge in [-0.15, -0.1) is 0 Å². The third kappa shape index (κ3) is 4.70. The smallest absolute Gasteiger partial charge is 0.331 e. The quantitative estimate of drug-likeness (QED) is 0.325. The van der Waals surface area contributed by atoms with Gasteiger partial charge in [0.25, 0.3) is 0 Å². The van der Waals surface area contributed by atoms with E-state index in [4.69, 9.17) is 4.74 Å². The molecule has 4 rings (SSSR count). The summed E-state index contributed by atoms with van der Waals surface area (Å²) in [7, 11) is -3.37. The molecule has 0 amide bonds. The lowest BCUT2D eigenvalue weighted by Crippen LogP contribution is -2.34. The number of hydrogen-bond donors (Lipinski definition) is 0. The summed E-state index contributed by atoms with van der Waals surface area (Å²) in [5.41, 5.74) is 3.32. The Morgan fingerprint density at radius 3 is 2.78 bits per heavy atom. The number of ketones is 1. The molecule has 8 heteroatoms. The van der Waals surface area contributed by atoms with Crippen LogP contribution < -0.4 is 4.31 Å². The molecule has 2 heterocycles. The van der Waals surface area contributed by atoms with Crippen molar-refractivity contribution < 1.29 is 22.7 Å². The highest BCUT2D eigenvalue weighted by Gasteiger charge is 2.24. The van der Waals surface area contributed by atoms with Crippen LogP contribution in [0.3, 0.4) is 0 Å². The van der Waals surface area contributed by atoms with E-state index < -0.39 is 22.6 Å². The lowest BCUT2D eigenvalue weighted by molar-refractivity contribution is -0.136. The molecule has 2 aromatic carbocycles. The first kappa shape index (κ1) is 21.7. The largest absolute Gasteiger partial charge is 0.454 e. The van der Waals surface area contributed by atoms with Gasteiger partial charge in [0.2, 0.25) is 10.0 Å². The second-order valence-corrected chi connectivity index (χ2v) is 9.48. The lowest BCUT2D eigenvalue weighted by Gasteiger charge is -2.29. The Bertz CT molecular complexity index is 1330. The molecule has 0 atom stereocenters. The highest BCUT2D eigenvalue weighted by atomic mass is 32.2. The van der Waals surface area contributed by atoms with Gasteiger partial charge in [0, 0.05) is 35.3 Å². The number of para-hydroxylation sites is 1. The molecule has 0 spiro atoms. The summed E-state index contributed by atoms with van der Waals surface area (Å²) < 4.78 is 30.4. The fraction of sp³-hybridized carbons (Fsp3) is 0.208. The number of rotatable bonds is 6. The SMILES string of the molecule is CS(=O)(=O)N1CCCc2cc(C(=O)COC(=O)/C=C/c3cccc4cccnc34)ccc21. The van der Waals surface area contributed by atoms with E-state index in [1.807, 2.05) is 30.3 Å². The van der Waals surface area contributed by atoms with Crippen LogP contribution in [0.5, 0.6) is 0 Å². The number of anilines is 1. The zero-order chi connectivity index (χ0) is 22.7. The number of carbonyl (C=O) groups excluding carboxylic acids is 2. The summed E-state index contributed by atoms with van der Waals surface area (Å²) >= 11 is 0. The van der Waals surface area contributed by atoms with Gasteiger partial charge in [-0.2, -0.15) is 0 Å². The van der Waals surface area contributed by atoms with Crippen LogP contribution in [0.15, 0.2) is 60.8 Å². The predicted octanol–water partition coefficient (Wildman–Crippen LogP) is 3.39. The second kappa shape index (κ2) is 8.92. The zero-order valence-electron chi connectivity index (χ0n) is 17.5. The number of nitrogens with zero attached hydrogens (tertiary/aromatic N) is 2. The average Bonchev–Trinajstić information content (AvgIpc) is 2.79. The van der Waals surface area contributed by atoms with Crippen LogP contribution in [0.1, 0.15) is 27.9 Å². The molecule has 0 saturated heterocycles. The van der Waals surface area contributed by atoms with Crippen LogP contribution in [0.25, 0.3) is 17.0 Å². The average molecular weight is 451 g/mol. The summed E-state index contributed by atoms with van der Waals surface area (Å²) in [6, 6.07) is 14.3. The second-order valence-electron chi connectivity index (χ2n) is 7.57. The number of pyridine rings is 1. The van der Waals surface area contributed by atoms with Gasteiger partial charge in [-0.05, 0) is 48.7 Å². The Kier molecular flexibility index (Phi) is 6.05. The monoisotopic (exact) mass is 450 g/mol. The van der Waals surface area contributed by atoms with Crippen molar-refractivity contribution in [3.63, 3.8) is 0 Å². The molecule has 3 aromatic rings. The van der Waals surface area contributed by atoms with E-state index in [-0.39, 0.29) is 5.78 Å². The van der Waals surface area contributed by atoms with E-state index in [1.54, 1.807) is 30.5 Å². The van der Waals surface area contributed by atoms with Gasteiger partial charge in [0.05, 0.1) is 17.5 Å². The molecule has 7 nitrogen and oxygen atoms in total. The molecule has 0 unspecified atom stereocenters. The van der Waals surface area contributed by atoms with Gasteiger partial charge in [0.1, 0.15) is 0 Å². The summed E-state index contributed by atoms with van der Waals surface area (Å²) in [6.45, 7) is 0.0286. The Morgan fingerprint density at radius 2 is 1.97 bits per heavy atom. The van der Waals surface area contributed by atoms with Gasteiger partial charge in [0.15, 0.2) is 12.4 Å². The first-order valence-corrected chi connectivity index (χ1v) is 12.0. The highest BCUT2D eigenvalue weighted by Crippen LogP contribution is 2.30. The van der Waals surface area contributed by atoms with E-state index in [0.29, 0.717) is 30.6 Å². The molecule has 32 heavy (non-hydrogen) atoms. The van der Waals surface area contributed by atoms with E-state index >= 15 is 0 Å². The van der Waals surface area contributed by atoms with Crippen LogP contribution in [0.4, 0.5) is 5.69 Å². The number of sulfonamides is 1. The molecule has 0 bridgehead atoms. The molecule has 0 N–H and O–H groups in total. The molecular formula is C24H22N2O5S. The van der Waals surface area contributed by atoms with Crippen molar-refractivity contribution in [2.75, 3.05) is 23.7 Å². The summed E-state index contributed by atoms with van der Waals surface area (Å²) in [5.74, 6) is -0.981. The molecule has 1 aliphatic rings. The standard InChI is InChI=1S/C24H22N2O5S/c1-32(29,30)26-14-4-8-19-15-20(9-11-21(19)26)22(27)16-31-23(28)12-10-18-6-2-5-17-7-3-13-25-24(17)18/h2-3,5-7,9-13,15H,4,8,14,16H2,1H3/b12-10+. The molecule has 0 radical (unpaired) electrons. The molecule has 0 fully saturated rings. The maximum Gasteiger partial charge on any atom is 0.331 e. The van der Waals surface area contributed by atoms with Crippen LogP contribution in [-0.4, -0.2) is 44.6 Å². The molecule has 0 aliphatic carbocycles. The van der Waals surface area contributed by atoms with Gasteiger partial charge >= 0.3 is 5.97 Å². The minimum atomic E-state index is -3.37. The maximum absolute atomic E-state index is 12.5. The normalized spacial score (nSPS) is 13.8. The number of ether oxygens (including phenoxy) is 1. The van der Waals surface area contributed by atoms with Crippen molar-refractivity contribution in [1.82, 2.24) is 4.98 Å². The Morgan fingerprint density at radius 1 is 1.16 bits per heavy atom. The third-order valence-corrected chi connectivity index (χ3v) is 6.47. The topological polar surface area (TPSA) is 93.6 Å². The number of aromatic nitrogens is 1. The highest BCUT2D eigenvalue weighted by molar-refractivity contribution is 7.92. The van der Waals surface area contributed by atoms with Gasteiger partial charge < -0.3 is 4.74 Å². The van der Waals surface area contributed by atoms with E-state index in [2.05, 4.69) is 4.98 Å². The number of aryl methyl sites for hydroxylation is 1. The van der Waals surface area contributed by atoms with E-state index in [1.165, 1.54) is 16.6 Å². The first-order chi connectivity index (χ1) is 15.3. The number of benzene rings is 2. The minimum Gasteiger partial charge on any atom is -0.454 e. The molecule has 1 aliphatic heterocycles. The number of carbonyl (C=O) groups is 2.